The largest absolute Gasteiger partial charge is 0.504 e. The number of phenols is 2. The molecule has 0 spiro atoms. The molecule has 3 heterocycles. The fourth-order valence-electron chi connectivity index (χ4n) is 6.61. The zero-order chi connectivity index (χ0) is 26.7. The van der Waals surface area contributed by atoms with E-state index in [1.165, 1.54) is 5.57 Å². The number of aliphatic hydroxyl groups excluding tert-OH is 1. The summed E-state index contributed by atoms with van der Waals surface area (Å²) >= 11 is 0. The summed E-state index contributed by atoms with van der Waals surface area (Å²) in [6.45, 7) is 13.5. The average molecular weight is 503 g/mol. The average Bonchev–Trinajstić information content (AvgIpc) is 3.08. The molecule has 3 aliphatic rings. The molecule has 9 unspecified atom stereocenters. The Hall–Kier alpha value is -2.09. The van der Waals surface area contributed by atoms with Gasteiger partial charge in [0.15, 0.2) is 11.5 Å². The summed E-state index contributed by atoms with van der Waals surface area (Å²) in [4.78, 5) is 13.9. The second-order valence-corrected chi connectivity index (χ2v) is 11.9. The number of carbonyl (C=O) groups is 1. The van der Waals surface area contributed by atoms with E-state index >= 15 is 0 Å². The number of phenolic OH excluding ortho intramolecular Hbond substituents is 2. The van der Waals surface area contributed by atoms with Crippen LogP contribution in [0.4, 0.5) is 0 Å². The predicted octanol–water partition coefficient (Wildman–Crippen LogP) is 5.17. The number of ketones is 1. The van der Waals surface area contributed by atoms with E-state index in [-0.39, 0.29) is 40.4 Å². The molecule has 1 aromatic carbocycles. The van der Waals surface area contributed by atoms with E-state index in [2.05, 4.69) is 26.8 Å². The third kappa shape index (κ3) is 4.33. The van der Waals surface area contributed by atoms with Gasteiger partial charge in [0.05, 0.1) is 23.9 Å². The van der Waals surface area contributed by atoms with Crippen LogP contribution >= 0.6 is 0 Å². The van der Waals surface area contributed by atoms with Gasteiger partial charge in [0.2, 0.25) is 5.78 Å². The normalized spacial score (nSPS) is 39.5. The highest BCUT2D eigenvalue weighted by molar-refractivity contribution is 6.09. The maximum absolute atomic E-state index is 13.9. The Bertz CT molecular complexity index is 1060. The summed E-state index contributed by atoms with van der Waals surface area (Å²) in [6.07, 6.45) is 3.34. The highest BCUT2D eigenvalue weighted by Gasteiger charge is 2.55. The zero-order valence-electron chi connectivity index (χ0n) is 22.5. The number of ether oxygens (including phenoxy) is 2. The third-order valence-electron chi connectivity index (χ3n) is 8.80. The van der Waals surface area contributed by atoms with E-state index in [1.54, 1.807) is 13.8 Å². The predicted molar refractivity (Wildman–Crippen MR) is 136 cm³/mol. The molecule has 1 aromatic rings. The molecule has 4 bridgehead atoms. The smallest absolute Gasteiger partial charge is 0.275 e. The number of aromatic hydroxyl groups is 2. The minimum atomic E-state index is -2.12. The van der Waals surface area contributed by atoms with E-state index < -0.39 is 47.1 Å². The molecule has 0 aliphatic carbocycles. The van der Waals surface area contributed by atoms with Gasteiger partial charge in [0.1, 0.15) is 5.75 Å². The summed E-state index contributed by atoms with van der Waals surface area (Å²) in [5.74, 6) is -4.18. The van der Waals surface area contributed by atoms with Crippen molar-refractivity contribution in [2.75, 3.05) is 0 Å². The first-order chi connectivity index (χ1) is 16.8. The van der Waals surface area contributed by atoms with Crippen LogP contribution < -0.4 is 4.74 Å². The molecule has 3 aliphatic heterocycles. The van der Waals surface area contributed by atoms with Crippen molar-refractivity contribution in [2.45, 2.75) is 98.2 Å². The van der Waals surface area contributed by atoms with Gasteiger partial charge in [-0.2, -0.15) is 0 Å². The number of Topliss-reactive ketones (excluding diaryl/α,β-unsaturated/α-hetero) is 1. The third-order valence-corrected chi connectivity index (χ3v) is 8.80. The quantitative estimate of drug-likeness (QED) is 0.286. The molecule has 4 rings (SSSR count). The van der Waals surface area contributed by atoms with Crippen LogP contribution in [0.2, 0.25) is 0 Å². The van der Waals surface area contributed by atoms with Crippen molar-refractivity contribution in [3.8, 4) is 17.2 Å². The summed E-state index contributed by atoms with van der Waals surface area (Å²) < 4.78 is 12.5. The van der Waals surface area contributed by atoms with Crippen molar-refractivity contribution < 1.29 is 34.7 Å². The fourth-order valence-corrected chi connectivity index (χ4v) is 6.61. The minimum absolute atomic E-state index is 0.0405. The Kier molecular flexibility index (Phi) is 7.23. The van der Waals surface area contributed by atoms with E-state index in [0.29, 0.717) is 18.8 Å². The number of hydrogen-bond donors (Lipinski definition) is 4. The lowest BCUT2D eigenvalue weighted by molar-refractivity contribution is -0.169. The molecule has 9 atom stereocenters. The van der Waals surface area contributed by atoms with Crippen molar-refractivity contribution >= 4 is 5.78 Å². The van der Waals surface area contributed by atoms with Crippen LogP contribution in [0, 0.1) is 36.5 Å². The molecule has 0 aromatic heterocycles. The summed E-state index contributed by atoms with van der Waals surface area (Å²) in [5, 5.41) is 44.6. The Labute approximate surface area is 214 Å². The molecule has 36 heavy (non-hydrogen) atoms. The summed E-state index contributed by atoms with van der Waals surface area (Å²) in [5.41, 5.74) is 1.59. The van der Waals surface area contributed by atoms with Crippen molar-refractivity contribution in [2.24, 2.45) is 29.6 Å². The molecule has 1 fully saturated rings. The molecule has 4 N–H and O–H groups in total. The van der Waals surface area contributed by atoms with Gasteiger partial charge < -0.3 is 29.9 Å². The Morgan fingerprint density at radius 2 is 1.67 bits per heavy atom. The van der Waals surface area contributed by atoms with E-state index in [9.17, 15) is 25.2 Å². The molecule has 0 radical (unpaired) electrons. The van der Waals surface area contributed by atoms with Gasteiger partial charge in [0, 0.05) is 28.9 Å². The lowest BCUT2D eigenvalue weighted by Crippen LogP contribution is -2.47. The van der Waals surface area contributed by atoms with Crippen LogP contribution in [-0.4, -0.2) is 44.2 Å². The fraction of sp³-hybridized carbons (Fsp3) is 0.690. The molecule has 200 valence electrons. The number of allylic oxidation sites excluding steroid dienone is 2. The first-order valence-electron chi connectivity index (χ1n) is 13.3. The van der Waals surface area contributed by atoms with Gasteiger partial charge in [0.25, 0.3) is 5.79 Å². The molecule has 0 saturated carbocycles. The first-order valence-corrected chi connectivity index (χ1v) is 13.3. The van der Waals surface area contributed by atoms with Gasteiger partial charge >= 0.3 is 0 Å². The van der Waals surface area contributed by atoms with Crippen LogP contribution in [0.3, 0.4) is 0 Å². The molecular weight excluding hydrogens is 460 g/mol. The zero-order valence-corrected chi connectivity index (χ0v) is 22.5. The highest BCUT2D eigenvalue weighted by Crippen LogP contribution is 2.55. The van der Waals surface area contributed by atoms with Gasteiger partial charge in [-0.1, -0.05) is 46.3 Å². The Morgan fingerprint density at radius 1 is 1.00 bits per heavy atom. The van der Waals surface area contributed by atoms with Gasteiger partial charge in [-0.3, -0.25) is 4.79 Å². The molecular formula is C29H42O7. The maximum atomic E-state index is 13.9. The van der Waals surface area contributed by atoms with Gasteiger partial charge in [-0.15, -0.1) is 0 Å². The lowest BCUT2D eigenvalue weighted by Gasteiger charge is -2.43. The molecule has 0 amide bonds. The van der Waals surface area contributed by atoms with Crippen LogP contribution in [0.25, 0.3) is 0 Å². The maximum Gasteiger partial charge on any atom is 0.275 e. The number of carbonyl (C=O) groups excluding carboxylic acids is 1. The number of fused-ring (bicyclic) bond motifs is 4. The van der Waals surface area contributed by atoms with Crippen LogP contribution in [0.1, 0.15) is 94.8 Å². The standard InChI is InChI=1S/C29H42O7/c1-13-8-9-20-17(5)23(30)18(6)26(35-20)21-22-27(19(7)24(31)25(21)32)36-29(34,28(22)33)16(4)12-15(3)11-14(2)10-13/h10,13,15-18,20,23,26,30-32,34H,8-9,11-12H2,1-7H3. The monoisotopic (exact) mass is 502 g/mol. The topological polar surface area (TPSA) is 116 Å². The van der Waals surface area contributed by atoms with Gasteiger partial charge in [-0.25, -0.2) is 0 Å². The second-order valence-electron chi connectivity index (χ2n) is 11.9. The minimum Gasteiger partial charge on any atom is -0.504 e. The van der Waals surface area contributed by atoms with E-state index in [0.717, 1.165) is 12.8 Å². The Morgan fingerprint density at radius 3 is 2.33 bits per heavy atom. The first kappa shape index (κ1) is 27.0. The second kappa shape index (κ2) is 9.66. The van der Waals surface area contributed by atoms with Crippen molar-refractivity contribution in [1.29, 1.82) is 0 Å². The SMILES string of the molecule is CC1=CC(C)CCC2OC(c3c(O)c(O)c(C)c4c3C(=O)C(O)(O4)C(C)CC(C)C1)C(C)C(O)C2C. The number of benzene rings is 1. The van der Waals surface area contributed by atoms with Crippen LogP contribution in [-0.2, 0) is 4.74 Å². The number of rotatable bonds is 0. The molecule has 1 saturated heterocycles. The van der Waals surface area contributed by atoms with E-state index in [1.807, 2.05) is 13.8 Å². The lowest BCUT2D eigenvalue weighted by atomic mass is 9.76. The number of hydrogen-bond acceptors (Lipinski definition) is 7. The highest BCUT2D eigenvalue weighted by atomic mass is 16.6. The van der Waals surface area contributed by atoms with Crippen molar-refractivity contribution in [3.05, 3.63) is 28.3 Å². The summed E-state index contributed by atoms with van der Waals surface area (Å²) in [6, 6.07) is 0. The van der Waals surface area contributed by atoms with E-state index in [4.69, 9.17) is 9.47 Å². The Balaban J connectivity index is 1.89. The van der Waals surface area contributed by atoms with Crippen LogP contribution in [0.5, 0.6) is 17.2 Å². The van der Waals surface area contributed by atoms with Crippen LogP contribution in [0.15, 0.2) is 11.6 Å². The van der Waals surface area contributed by atoms with Crippen molar-refractivity contribution in [1.82, 2.24) is 0 Å². The summed E-state index contributed by atoms with van der Waals surface area (Å²) in [7, 11) is 0. The number of aliphatic hydroxyl groups is 2. The molecule has 7 heteroatoms. The van der Waals surface area contributed by atoms with Gasteiger partial charge in [-0.05, 0) is 51.4 Å². The molecule has 7 nitrogen and oxygen atoms in total. The van der Waals surface area contributed by atoms with Crippen molar-refractivity contribution in [3.63, 3.8) is 0 Å².